The topological polar surface area (TPSA) is 33.5 Å². The normalized spacial score (nSPS) is 16.5. The first kappa shape index (κ1) is 14.8. The molecule has 3 rings (SSSR count). The molecular weight excluding hydrogens is 314 g/mol. The maximum absolute atomic E-state index is 12.2. The highest BCUT2D eigenvalue weighted by Crippen LogP contribution is 2.33. The van der Waals surface area contributed by atoms with Crippen molar-refractivity contribution in [3.8, 4) is 11.3 Å². The minimum atomic E-state index is -0.104. The van der Waals surface area contributed by atoms with Crippen molar-refractivity contribution in [3.05, 3.63) is 65.8 Å². The van der Waals surface area contributed by atoms with Crippen LogP contribution >= 0.6 is 24.0 Å². The Bertz CT molecular complexity index is 762. The van der Waals surface area contributed by atoms with Gasteiger partial charge < -0.3 is 4.42 Å². The smallest absolute Gasteiger partial charge is 0.266 e. The van der Waals surface area contributed by atoms with Gasteiger partial charge in [-0.2, -0.15) is 0 Å². The second kappa shape index (κ2) is 6.34. The quantitative estimate of drug-likeness (QED) is 0.475. The zero-order valence-corrected chi connectivity index (χ0v) is 13.3. The predicted molar refractivity (Wildman–Crippen MR) is 94.2 cm³/mol. The van der Waals surface area contributed by atoms with E-state index in [9.17, 15) is 4.79 Å². The van der Waals surface area contributed by atoms with Gasteiger partial charge in [0.15, 0.2) is 0 Å². The number of nitrogens with zero attached hydrogens (tertiary/aromatic N) is 1. The van der Waals surface area contributed by atoms with Crippen LogP contribution in [0.1, 0.15) is 5.76 Å². The lowest BCUT2D eigenvalue weighted by Crippen LogP contribution is -2.27. The molecule has 1 saturated heterocycles. The lowest BCUT2D eigenvalue weighted by molar-refractivity contribution is -0.121. The Labute approximate surface area is 138 Å². The molecule has 1 aromatic carbocycles. The van der Waals surface area contributed by atoms with Crippen molar-refractivity contribution in [2.75, 3.05) is 6.54 Å². The molecule has 0 unspecified atom stereocenters. The summed E-state index contributed by atoms with van der Waals surface area (Å²) in [6.45, 7) is 4.06. The zero-order chi connectivity index (χ0) is 15.5. The summed E-state index contributed by atoms with van der Waals surface area (Å²) in [6.07, 6.45) is 3.39. The zero-order valence-electron chi connectivity index (χ0n) is 11.7. The van der Waals surface area contributed by atoms with Gasteiger partial charge in [0, 0.05) is 18.2 Å². The Morgan fingerprint density at radius 2 is 2.00 bits per heavy atom. The number of thiocarbonyl (C=S) groups is 1. The number of benzene rings is 1. The lowest BCUT2D eigenvalue weighted by atomic mass is 10.2. The highest BCUT2D eigenvalue weighted by Gasteiger charge is 2.31. The lowest BCUT2D eigenvalue weighted by Gasteiger charge is -2.10. The van der Waals surface area contributed by atoms with Gasteiger partial charge in [0.05, 0.1) is 4.91 Å². The van der Waals surface area contributed by atoms with Gasteiger partial charge in [0.1, 0.15) is 15.8 Å². The molecule has 110 valence electrons. The van der Waals surface area contributed by atoms with Crippen LogP contribution in [0.2, 0.25) is 0 Å². The number of carbonyl (C=O) groups is 1. The second-order valence-corrected chi connectivity index (χ2v) is 6.32. The molecule has 0 atom stereocenters. The van der Waals surface area contributed by atoms with Crippen molar-refractivity contribution in [2.45, 2.75) is 0 Å². The van der Waals surface area contributed by atoms with Crippen LogP contribution in [0.25, 0.3) is 17.4 Å². The molecule has 0 saturated carbocycles. The molecule has 0 N–H and O–H groups in total. The molecule has 0 aliphatic carbocycles. The number of hydrogen-bond donors (Lipinski definition) is 0. The van der Waals surface area contributed by atoms with Gasteiger partial charge in [-0.3, -0.25) is 9.69 Å². The van der Waals surface area contributed by atoms with Gasteiger partial charge in [0.25, 0.3) is 5.91 Å². The number of carbonyl (C=O) groups excluding carboxylic acids is 1. The van der Waals surface area contributed by atoms with Crippen LogP contribution < -0.4 is 0 Å². The van der Waals surface area contributed by atoms with Crippen molar-refractivity contribution in [1.82, 2.24) is 4.90 Å². The maximum Gasteiger partial charge on any atom is 0.266 e. The molecule has 1 fully saturated rings. The minimum absolute atomic E-state index is 0.104. The Balaban J connectivity index is 1.85. The summed E-state index contributed by atoms with van der Waals surface area (Å²) >= 11 is 6.49. The van der Waals surface area contributed by atoms with Crippen molar-refractivity contribution in [1.29, 1.82) is 0 Å². The van der Waals surface area contributed by atoms with E-state index in [1.165, 1.54) is 16.7 Å². The largest absolute Gasteiger partial charge is 0.457 e. The molecular formula is C17H13NO2S2. The Morgan fingerprint density at radius 1 is 1.23 bits per heavy atom. The summed E-state index contributed by atoms with van der Waals surface area (Å²) < 4.78 is 6.33. The summed E-state index contributed by atoms with van der Waals surface area (Å²) in [4.78, 5) is 14.3. The van der Waals surface area contributed by atoms with E-state index in [1.807, 2.05) is 42.5 Å². The number of rotatable bonds is 4. The fraction of sp³-hybridized carbons (Fsp3) is 0.0588. The summed E-state index contributed by atoms with van der Waals surface area (Å²) in [7, 11) is 0. The predicted octanol–water partition coefficient (Wildman–Crippen LogP) is 4.33. The van der Waals surface area contributed by atoms with E-state index in [2.05, 4.69) is 6.58 Å². The number of furan rings is 1. The first-order chi connectivity index (χ1) is 10.7. The van der Waals surface area contributed by atoms with Crippen LogP contribution in [0.4, 0.5) is 0 Å². The van der Waals surface area contributed by atoms with E-state index in [0.717, 1.165) is 11.3 Å². The fourth-order valence-corrected chi connectivity index (χ4v) is 3.36. The average Bonchev–Trinajstić information content (AvgIpc) is 3.09. The van der Waals surface area contributed by atoms with Crippen LogP contribution in [0, 0.1) is 0 Å². The summed E-state index contributed by atoms with van der Waals surface area (Å²) in [5.74, 6) is 1.30. The Hall–Kier alpha value is -2.11. The third-order valence-electron chi connectivity index (χ3n) is 3.14. The molecule has 5 heteroatoms. The third-order valence-corrected chi connectivity index (χ3v) is 4.52. The van der Waals surface area contributed by atoms with Crippen LogP contribution in [-0.4, -0.2) is 21.7 Å². The second-order valence-electron chi connectivity index (χ2n) is 4.65. The fourth-order valence-electron chi connectivity index (χ4n) is 2.10. The van der Waals surface area contributed by atoms with Crippen molar-refractivity contribution in [2.24, 2.45) is 0 Å². The Kier molecular flexibility index (Phi) is 4.27. The molecule has 22 heavy (non-hydrogen) atoms. The first-order valence-electron chi connectivity index (χ1n) is 6.70. The Morgan fingerprint density at radius 3 is 2.73 bits per heavy atom. The van der Waals surface area contributed by atoms with Crippen molar-refractivity contribution >= 4 is 40.3 Å². The third kappa shape index (κ3) is 2.91. The van der Waals surface area contributed by atoms with E-state index in [1.54, 1.807) is 12.2 Å². The van der Waals surface area contributed by atoms with Gasteiger partial charge in [0.2, 0.25) is 0 Å². The maximum atomic E-state index is 12.2. The van der Waals surface area contributed by atoms with E-state index in [0.29, 0.717) is 21.5 Å². The van der Waals surface area contributed by atoms with Crippen molar-refractivity contribution in [3.63, 3.8) is 0 Å². The minimum Gasteiger partial charge on any atom is -0.457 e. The number of hydrogen-bond acceptors (Lipinski definition) is 4. The molecule has 2 heterocycles. The summed E-state index contributed by atoms with van der Waals surface area (Å²) in [5.41, 5.74) is 1.00. The van der Waals surface area contributed by atoms with Crippen LogP contribution in [-0.2, 0) is 4.79 Å². The van der Waals surface area contributed by atoms with Gasteiger partial charge in [-0.05, 0) is 12.1 Å². The van der Waals surface area contributed by atoms with E-state index in [4.69, 9.17) is 16.6 Å². The van der Waals surface area contributed by atoms with Crippen LogP contribution in [0.5, 0.6) is 0 Å². The molecule has 0 spiro atoms. The number of amides is 1. The monoisotopic (exact) mass is 327 g/mol. The van der Waals surface area contributed by atoms with Crippen LogP contribution in [0.15, 0.2) is 64.4 Å². The summed E-state index contributed by atoms with van der Waals surface area (Å²) in [6, 6.07) is 13.6. The van der Waals surface area contributed by atoms with E-state index in [-0.39, 0.29) is 5.91 Å². The molecule has 0 radical (unpaired) electrons. The van der Waals surface area contributed by atoms with E-state index >= 15 is 0 Å². The number of thioether (sulfide) groups is 1. The molecule has 2 aromatic rings. The highest BCUT2D eigenvalue weighted by molar-refractivity contribution is 8.26. The average molecular weight is 327 g/mol. The van der Waals surface area contributed by atoms with Gasteiger partial charge >= 0.3 is 0 Å². The molecule has 1 aliphatic rings. The highest BCUT2D eigenvalue weighted by atomic mass is 32.2. The first-order valence-corrected chi connectivity index (χ1v) is 7.93. The van der Waals surface area contributed by atoms with Gasteiger partial charge in [-0.25, -0.2) is 0 Å². The van der Waals surface area contributed by atoms with E-state index < -0.39 is 0 Å². The van der Waals surface area contributed by atoms with Gasteiger partial charge in [-0.15, -0.1) is 6.58 Å². The molecule has 1 aliphatic heterocycles. The van der Waals surface area contributed by atoms with Gasteiger partial charge in [-0.1, -0.05) is 60.4 Å². The van der Waals surface area contributed by atoms with Crippen LogP contribution in [0.3, 0.4) is 0 Å². The summed E-state index contributed by atoms with van der Waals surface area (Å²) in [5, 5.41) is 0. The molecule has 1 amide bonds. The standard InChI is InChI=1S/C17H13NO2S2/c1-2-10-18-16(19)15(22-17(18)21)11-13-8-9-14(20-13)12-6-4-3-5-7-12/h2-9,11H,1,10H2/b15-11+. The molecule has 3 nitrogen and oxygen atoms in total. The molecule has 1 aromatic heterocycles. The SMILES string of the molecule is C=CCN1C(=O)/C(=C\c2ccc(-c3ccccc3)o2)SC1=S. The molecule has 0 bridgehead atoms. The van der Waals surface area contributed by atoms with Crippen molar-refractivity contribution < 1.29 is 9.21 Å².